The Morgan fingerprint density at radius 1 is 0.853 bits per heavy atom. The summed E-state index contributed by atoms with van der Waals surface area (Å²) in [4.78, 5) is 12.5. The molecule has 0 saturated heterocycles. The monoisotopic (exact) mass is 457 g/mol. The Labute approximate surface area is 205 Å². The quantitative estimate of drug-likeness (QED) is 0.227. The van der Waals surface area contributed by atoms with Crippen molar-refractivity contribution in [3.05, 3.63) is 65.2 Å². The van der Waals surface area contributed by atoms with E-state index in [4.69, 9.17) is 10.00 Å². The highest BCUT2D eigenvalue weighted by Crippen LogP contribution is 2.44. The molecule has 0 heterocycles. The summed E-state index contributed by atoms with van der Waals surface area (Å²) >= 11 is 0. The Balaban J connectivity index is 1.22. The first-order valence-corrected chi connectivity index (χ1v) is 13.5. The number of nitriles is 1. The summed E-state index contributed by atoms with van der Waals surface area (Å²) in [7, 11) is 0. The topological polar surface area (TPSA) is 50.1 Å². The summed E-state index contributed by atoms with van der Waals surface area (Å²) < 4.78 is 5.45. The lowest BCUT2D eigenvalue weighted by molar-refractivity contribution is 0.0734. The van der Waals surface area contributed by atoms with E-state index in [-0.39, 0.29) is 5.97 Å². The Kier molecular flexibility index (Phi) is 8.80. The third-order valence-electron chi connectivity index (χ3n) is 8.36. The minimum Gasteiger partial charge on any atom is -0.423 e. The van der Waals surface area contributed by atoms with Crippen LogP contribution in [0.5, 0.6) is 5.75 Å². The van der Waals surface area contributed by atoms with E-state index in [9.17, 15) is 4.79 Å². The molecule has 0 aromatic heterocycles. The van der Waals surface area contributed by atoms with Gasteiger partial charge in [-0.1, -0.05) is 57.6 Å². The zero-order valence-corrected chi connectivity index (χ0v) is 20.7. The lowest BCUT2D eigenvalue weighted by atomic mass is 9.68. The molecule has 0 N–H and O–H groups in total. The van der Waals surface area contributed by atoms with Crippen LogP contribution in [0.1, 0.15) is 111 Å². The first kappa shape index (κ1) is 24.5. The molecule has 2 aromatic carbocycles. The SMILES string of the molecule is CCCCCC1CCC(C2CCC(c3ccc(C(=O)Oc4ccc(C#N)cc4)cc3)CC2)CC1. The third kappa shape index (κ3) is 6.50. The van der Waals surface area contributed by atoms with Crippen LogP contribution in [0.25, 0.3) is 0 Å². The molecule has 0 bridgehead atoms. The second-order valence-corrected chi connectivity index (χ2v) is 10.5. The van der Waals surface area contributed by atoms with Crippen LogP contribution in [0.15, 0.2) is 48.5 Å². The Morgan fingerprint density at radius 2 is 1.47 bits per heavy atom. The molecule has 2 saturated carbocycles. The van der Waals surface area contributed by atoms with Crippen molar-refractivity contribution in [1.29, 1.82) is 5.26 Å². The van der Waals surface area contributed by atoms with E-state index in [1.807, 2.05) is 12.1 Å². The number of carbonyl (C=O) groups is 1. The van der Waals surface area contributed by atoms with Gasteiger partial charge in [-0.3, -0.25) is 0 Å². The predicted octanol–water partition coefficient (Wildman–Crippen LogP) is 8.44. The zero-order valence-electron chi connectivity index (χ0n) is 20.7. The largest absolute Gasteiger partial charge is 0.423 e. The van der Waals surface area contributed by atoms with Crippen LogP contribution >= 0.6 is 0 Å². The zero-order chi connectivity index (χ0) is 23.8. The Bertz CT molecular complexity index is 940. The molecular weight excluding hydrogens is 418 g/mol. The van der Waals surface area contributed by atoms with Gasteiger partial charge < -0.3 is 4.74 Å². The Hall–Kier alpha value is -2.60. The van der Waals surface area contributed by atoms with Crippen molar-refractivity contribution in [2.24, 2.45) is 17.8 Å². The minimum atomic E-state index is -0.356. The summed E-state index contributed by atoms with van der Waals surface area (Å²) in [5, 5.41) is 8.89. The van der Waals surface area contributed by atoms with Crippen LogP contribution in [0.3, 0.4) is 0 Å². The fourth-order valence-corrected chi connectivity index (χ4v) is 6.21. The van der Waals surface area contributed by atoms with E-state index in [0.29, 0.717) is 22.8 Å². The van der Waals surface area contributed by atoms with Crippen molar-refractivity contribution in [2.45, 2.75) is 89.9 Å². The number of nitrogens with zero attached hydrogens (tertiary/aromatic N) is 1. The number of hydrogen-bond donors (Lipinski definition) is 0. The normalized spacial score (nSPS) is 24.8. The van der Waals surface area contributed by atoms with Crippen LogP contribution in [-0.2, 0) is 0 Å². The summed E-state index contributed by atoms with van der Waals surface area (Å²) in [5.41, 5.74) is 2.47. The van der Waals surface area contributed by atoms with Gasteiger partial charge in [-0.15, -0.1) is 0 Å². The molecule has 0 amide bonds. The lowest BCUT2D eigenvalue weighted by Crippen LogP contribution is -2.25. The maximum atomic E-state index is 12.5. The first-order chi connectivity index (χ1) is 16.7. The van der Waals surface area contributed by atoms with Gasteiger partial charge >= 0.3 is 5.97 Å². The van der Waals surface area contributed by atoms with Crippen molar-refractivity contribution in [1.82, 2.24) is 0 Å². The van der Waals surface area contributed by atoms with E-state index in [2.05, 4.69) is 25.1 Å². The standard InChI is InChI=1S/C31H39NO2/c1-2-3-4-5-23-6-10-25(11-7-23)26-12-14-27(15-13-26)28-16-18-29(19-17-28)31(33)34-30-20-8-24(22-32)9-21-30/h8-9,16-21,23,25-27H,2-7,10-15H2,1H3. The van der Waals surface area contributed by atoms with Crippen LogP contribution in [0.2, 0.25) is 0 Å². The van der Waals surface area contributed by atoms with Crippen molar-refractivity contribution in [3.8, 4) is 11.8 Å². The molecule has 180 valence electrons. The van der Waals surface area contributed by atoms with Crippen LogP contribution in [-0.4, -0.2) is 5.97 Å². The highest BCUT2D eigenvalue weighted by molar-refractivity contribution is 5.91. The minimum absolute atomic E-state index is 0.356. The fourth-order valence-electron chi connectivity index (χ4n) is 6.21. The van der Waals surface area contributed by atoms with Gasteiger partial charge in [0, 0.05) is 0 Å². The van der Waals surface area contributed by atoms with Gasteiger partial charge in [0.2, 0.25) is 0 Å². The van der Waals surface area contributed by atoms with Crippen LogP contribution in [0, 0.1) is 29.1 Å². The van der Waals surface area contributed by atoms with Crippen LogP contribution < -0.4 is 4.74 Å². The number of rotatable bonds is 8. The van der Waals surface area contributed by atoms with Crippen LogP contribution in [0.4, 0.5) is 0 Å². The van der Waals surface area contributed by atoms with E-state index in [1.54, 1.807) is 24.3 Å². The second-order valence-electron chi connectivity index (χ2n) is 10.5. The molecule has 2 aliphatic carbocycles. The smallest absolute Gasteiger partial charge is 0.343 e. The van der Waals surface area contributed by atoms with E-state index >= 15 is 0 Å². The van der Waals surface area contributed by atoms with Crippen molar-refractivity contribution < 1.29 is 9.53 Å². The maximum Gasteiger partial charge on any atom is 0.343 e. The summed E-state index contributed by atoms with van der Waals surface area (Å²) in [6, 6.07) is 16.7. The fraction of sp³-hybridized carbons (Fsp3) is 0.548. The molecule has 34 heavy (non-hydrogen) atoms. The van der Waals surface area contributed by atoms with Gasteiger partial charge in [-0.25, -0.2) is 4.79 Å². The van der Waals surface area contributed by atoms with Gasteiger partial charge in [0.1, 0.15) is 5.75 Å². The van der Waals surface area contributed by atoms with Crippen molar-refractivity contribution >= 4 is 5.97 Å². The predicted molar refractivity (Wildman–Crippen MR) is 137 cm³/mol. The van der Waals surface area contributed by atoms with Crippen molar-refractivity contribution in [3.63, 3.8) is 0 Å². The van der Waals surface area contributed by atoms with Gasteiger partial charge in [0.25, 0.3) is 0 Å². The Morgan fingerprint density at radius 3 is 2.06 bits per heavy atom. The molecule has 0 atom stereocenters. The molecule has 4 rings (SSSR count). The number of ether oxygens (including phenoxy) is 1. The maximum absolute atomic E-state index is 12.5. The summed E-state index contributed by atoms with van der Waals surface area (Å²) in [6.07, 6.45) is 16.8. The average molecular weight is 458 g/mol. The third-order valence-corrected chi connectivity index (χ3v) is 8.36. The highest BCUT2D eigenvalue weighted by Gasteiger charge is 2.31. The summed E-state index contributed by atoms with van der Waals surface area (Å²) in [5.74, 6) is 3.61. The average Bonchev–Trinajstić information content (AvgIpc) is 2.90. The van der Waals surface area contributed by atoms with Gasteiger partial charge in [0.05, 0.1) is 17.2 Å². The van der Waals surface area contributed by atoms with E-state index < -0.39 is 0 Å². The highest BCUT2D eigenvalue weighted by atomic mass is 16.5. The van der Waals surface area contributed by atoms with Gasteiger partial charge in [-0.05, 0) is 104 Å². The number of hydrogen-bond acceptors (Lipinski definition) is 3. The van der Waals surface area contributed by atoms with E-state index in [0.717, 1.165) is 17.8 Å². The summed E-state index contributed by atoms with van der Waals surface area (Å²) in [6.45, 7) is 2.30. The number of carbonyl (C=O) groups excluding carboxylic acids is 1. The lowest BCUT2D eigenvalue weighted by Gasteiger charge is -2.38. The molecule has 3 heteroatoms. The van der Waals surface area contributed by atoms with Gasteiger partial charge in [0.15, 0.2) is 0 Å². The number of benzene rings is 2. The molecular formula is C31H39NO2. The molecule has 2 aromatic rings. The molecule has 0 radical (unpaired) electrons. The molecule has 0 unspecified atom stereocenters. The molecule has 0 aliphatic heterocycles. The first-order valence-electron chi connectivity index (χ1n) is 13.5. The van der Waals surface area contributed by atoms with Gasteiger partial charge in [-0.2, -0.15) is 5.26 Å². The molecule has 0 spiro atoms. The molecule has 3 nitrogen and oxygen atoms in total. The van der Waals surface area contributed by atoms with Crippen molar-refractivity contribution in [2.75, 3.05) is 0 Å². The van der Waals surface area contributed by atoms with E-state index in [1.165, 1.54) is 82.6 Å². The molecule has 2 fully saturated rings. The second kappa shape index (κ2) is 12.2. The molecule has 2 aliphatic rings. The number of esters is 1. The number of unbranched alkanes of at least 4 members (excludes halogenated alkanes) is 2.